The summed E-state index contributed by atoms with van der Waals surface area (Å²) in [5.74, 6) is -0.538. The molecule has 0 saturated carbocycles. The molecule has 0 aliphatic heterocycles. The monoisotopic (exact) mass is 431 g/mol. The van der Waals surface area contributed by atoms with Gasteiger partial charge in [-0.25, -0.2) is 5.09 Å². The van der Waals surface area contributed by atoms with Crippen LogP contribution in [-0.2, 0) is 4.57 Å². The fourth-order valence-corrected chi connectivity index (χ4v) is 5.94. The predicted octanol–water partition coefficient (Wildman–Crippen LogP) is 4.08. The Morgan fingerprint density at radius 3 is 1.77 bits per heavy atom. The van der Waals surface area contributed by atoms with Crippen LogP contribution in [0.1, 0.15) is 22.2 Å². The van der Waals surface area contributed by atoms with Gasteiger partial charge in [0.2, 0.25) is 13.1 Å². The molecule has 0 spiro atoms. The van der Waals surface area contributed by atoms with E-state index in [1.54, 1.807) is 42.5 Å². The average molecular weight is 431 g/mol. The van der Waals surface area contributed by atoms with Gasteiger partial charge < -0.3 is 9.52 Å². The van der Waals surface area contributed by atoms with Gasteiger partial charge in [-0.15, -0.1) is 0 Å². The summed E-state index contributed by atoms with van der Waals surface area (Å²) in [4.78, 5) is 12.9. The minimum atomic E-state index is -3.41. The van der Waals surface area contributed by atoms with Crippen LogP contribution in [0.2, 0.25) is 0 Å². The van der Waals surface area contributed by atoms with E-state index in [0.717, 1.165) is 0 Å². The number of aliphatic hydroxyl groups is 1. The van der Waals surface area contributed by atoms with Gasteiger partial charge in [0.1, 0.15) is 6.10 Å². The molecular weight excluding hydrogens is 409 g/mol. The number of aliphatic hydroxyl groups excluding tert-OH is 1. The van der Waals surface area contributed by atoms with Crippen LogP contribution in [0.4, 0.5) is 0 Å². The summed E-state index contributed by atoms with van der Waals surface area (Å²) in [5, 5.41) is 15.4. The van der Waals surface area contributed by atoms with E-state index in [1.165, 1.54) is 12.3 Å². The van der Waals surface area contributed by atoms with Gasteiger partial charge in [-0.05, 0) is 42.0 Å². The number of furan rings is 1. The Labute approximate surface area is 180 Å². The summed E-state index contributed by atoms with van der Waals surface area (Å²) in [7, 11) is -3.41. The highest BCUT2D eigenvalue weighted by Gasteiger charge is 2.37. The van der Waals surface area contributed by atoms with Crippen molar-refractivity contribution in [2.45, 2.75) is 12.1 Å². The molecule has 156 valence electrons. The minimum absolute atomic E-state index is 0.0458. The molecule has 0 fully saturated rings. The zero-order chi connectivity index (χ0) is 21.7. The molecule has 0 radical (unpaired) electrons. The molecule has 6 heteroatoms. The fourth-order valence-electron chi connectivity index (χ4n) is 3.47. The molecule has 0 bridgehead atoms. The third kappa shape index (κ3) is 4.44. The van der Waals surface area contributed by atoms with E-state index in [9.17, 15) is 14.5 Å². The van der Waals surface area contributed by atoms with Gasteiger partial charge in [0.15, 0.2) is 5.76 Å². The van der Waals surface area contributed by atoms with Crippen LogP contribution >= 0.6 is 7.29 Å². The Bertz CT molecular complexity index is 1120. The smallest absolute Gasteiger partial charge is 0.228 e. The summed E-state index contributed by atoms with van der Waals surface area (Å²) < 4.78 is 19.7. The van der Waals surface area contributed by atoms with Crippen LogP contribution in [0.5, 0.6) is 0 Å². The summed E-state index contributed by atoms with van der Waals surface area (Å²) in [6.07, 6.45) is -0.127. The lowest BCUT2D eigenvalue weighted by atomic mass is 9.98. The molecule has 0 aliphatic rings. The molecule has 3 aromatic carbocycles. The van der Waals surface area contributed by atoms with Crippen molar-refractivity contribution in [2.24, 2.45) is 0 Å². The lowest BCUT2D eigenvalue weighted by molar-refractivity contribution is 0.0649. The lowest BCUT2D eigenvalue weighted by Crippen LogP contribution is -2.40. The average Bonchev–Trinajstić information content (AvgIpc) is 3.38. The Hall–Kier alpha value is -3.24. The maximum absolute atomic E-state index is 14.5. The Morgan fingerprint density at radius 1 is 0.774 bits per heavy atom. The van der Waals surface area contributed by atoms with E-state index >= 15 is 0 Å². The molecule has 31 heavy (non-hydrogen) atoms. The molecule has 2 atom stereocenters. The number of benzene rings is 3. The Morgan fingerprint density at radius 2 is 1.29 bits per heavy atom. The standard InChI is InChI=1S/C25H22NO4P/c27-24(22-17-10-18-30-22)25(28)23(19-11-4-1-5-12-19)26-31(29,20-13-6-2-7-14-20)21-15-8-3-9-16-21/h1-18,23,25,28H,(H,26,29)/t23-,25+/m0/s1. The van der Waals surface area contributed by atoms with Gasteiger partial charge in [0.05, 0.1) is 12.3 Å². The second-order valence-electron chi connectivity index (χ2n) is 7.08. The quantitative estimate of drug-likeness (QED) is 0.325. The Kier molecular flexibility index (Phi) is 6.28. The van der Waals surface area contributed by atoms with Crippen molar-refractivity contribution < 1.29 is 18.9 Å². The van der Waals surface area contributed by atoms with Crippen LogP contribution in [0.25, 0.3) is 0 Å². The largest absolute Gasteiger partial charge is 0.461 e. The molecule has 2 N–H and O–H groups in total. The maximum Gasteiger partial charge on any atom is 0.228 e. The van der Waals surface area contributed by atoms with Crippen molar-refractivity contribution >= 4 is 23.7 Å². The summed E-state index contributed by atoms with van der Waals surface area (Å²) in [5.41, 5.74) is 0.641. The zero-order valence-electron chi connectivity index (χ0n) is 16.7. The van der Waals surface area contributed by atoms with Crippen molar-refractivity contribution in [2.75, 3.05) is 0 Å². The third-order valence-corrected chi connectivity index (χ3v) is 7.76. The zero-order valence-corrected chi connectivity index (χ0v) is 17.6. The van der Waals surface area contributed by atoms with Gasteiger partial charge in [0.25, 0.3) is 0 Å². The van der Waals surface area contributed by atoms with Crippen LogP contribution < -0.4 is 15.7 Å². The van der Waals surface area contributed by atoms with Gasteiger partial charge >= 0.3 is 0 Å². The number of carbonyl (C=O) groups excluding carboxylic acids is 1. The molecular formula is C25H22NO4P. The number of carbonyl (C=O) groups is 1. The first-order chi connectivity index (χ1) is 15.1. The van der Waals surface area contributed by atoms with Crippen molar-refractivity contribution in [1.82, 2.24) is 5.09 Å². The predicted molar refractivity (Wildman–Crippen MR) is 121 cm³/mol. The van der Waals surface area contributed by atoms with Gasteiger partial charge in [-0.1, -0.05) is 66.7 Å². The van der Waals surface area contributed by atoms with E-state index < -0.39 is 25.2 Å². The first-order valence-corrected chi connectivity index (χ1v) is 11.6. The van der Waals surface area contributed by atoms with Crippen molar-refractivity contribution in [1.29, 1.82) is 0 Å². The van der Waals surface area contributed by atoms with E-state index in [0.29, 0.717) is 16.2 Å². The van der Waals surface area contributed by atoms with Gasteiger partial charge in [0, 0.05) is 10.6 Å². The van der Waals surface area contributed by atoms with E-state index in [2.05, 4.69) is 5.09 Å². The molecule has 4 aromatic rings. The molecule has 4 rings (SSSR count). The fraction of sp³-hybridized carbons (Fsp3) is 0.0800. The summed E-state index contributed by atoms with van der Waals surface area (Å²) >= 11 is 0. The molecule has 0 amide bonds. The lowest BCUT2D eigenvalue weighted by Gasteiger charge is -2.29. The van der Waals surface area contributed by atoms with Crippen LogP contribution in [0.15, 0.2) is 114 Å². The number of Topliss-reactive ketones (excluding diaryl/α,β-unsaturated/α-hetero) is 1. The normalized spacial score (nSPS) is 13.5. The highest BCUT2D eigenvalue weighted by molar-refractivity contribution is 7.76. The van der Waals surface area contributed by atoms with Crippen LogP contribution in [-0.4, -0.2) is 17.0 Å². The van der Waals surface area contributed by atoms with E-state index in [1.807, 2.05) is 54.6 Å². The molecule has 5 nitrogen and oxygen atoms in total. The summed E-state index contributed by atoms with van der Waals surface area (Å²) in [6.45, 7) is 0. The molecule has 0 saturated heterocycles. The summed E-state index contributed by atoms with van der Waals surface area (Å²) in [6, 6.07) is 29.3. The van der Waals surface area contributed by atoms with Gasteiger partial charge in [-0.3, -0.25) is 9.36 Å². The highest BCUT2D eigenvalue weighted by atomic mass is 31.2. The maximum atomic E-state index is 14.5. The molecule has 0 unspecified atom stereocenters. The van der Waals surface area contributed by atoms with Crippen LogP contribution in [0, 0.1) is 0 Å². The second kappa shape index (κ2) is 9.27. The SMILES string of the molecule is O=C(c1ccco1)[C@H](O)[C@@H](NP(=O)(c1ccccc1)c1ccccc1)c1ccccc1. The molecule has 0 aliphatic carbocycles. The topological polar surface area (TPSA) is 79.5 Å². The minimum Gasteiger partial charge on any atom is -0.461 e. The first kappa shape index (κ1) is 21.0. The van der Waals surface area contributed by atoms with Crippen molar-refractivity contribution in [3.63, 3.8) is 0 Å². The third-order valence-electron chi connectivity index (χ3n) is 5.07. The van der Waals surface area contributed by atoms with E-state index in [4.69, 9.17) is 4.42 Å². The van der Waals surface area contributed by atoms with Gasteiger partial charge in [-0.2, -0.15) is 0 Å². The second-order valence-corrected chi connectivity index (χ2v) is 9.59. The molecule has 1 aromatic heterocycles. The highest BCUT2D eigenvalue weighted by Crippen LogP contribution is 2.42. The molecule has 1 heterocycles. The number of hydrogen-bond acceptors (Lipinski definition) is 4. The first-order valence-electron chi connectivity index (χ1n) is 9.89. The number of hydrogen-bond donors (Lipinski definition) is 2. The van der Waals surface area contributed by atoms with Crippen LogP contribution in [0.3, 0.4) is 0 Å². The Balaban J connectivity index is 1.80. The number of ketones is 1. The number of rotatable bonds is 8. The van der Waals surface area contributed by atoms with Crippen molar-refractivity contribution in [3.05, 3.63) is 121 Å². The van der Waals surface area contributed by atoms with Crippen molar-refractivity contribution in [3.8, 4) is 0 Å². The number of nitrogens with one attached hydrogen (secondary N) is 1. The van der Waals surface area contributed by atoms with E-state index in [-0.39, 0.29) is 5.76 Å².